The molecule has 0 aromatic heterocycles. The van der Waals surface area contributed by atoms with E-state index < -0.39 is 0 Å². The number of anilines is 1. The van der Waals surface area contributed by atoms with Gasteiger partial charge in [-0.2, -0.15) is 0 Å². The minimum atomic E-state index is 0.182. The SMILES string of the molecule is CCCCCN(c1ccccc1C(C)=O)C1CCCCC1. The van der Waals surface area contributed by atoms with Crippen LogP contribution in [0.1, 0.15) is 75.6 Å². The van der Waals surface area contributed by atoms with E-state index in [-0.39, 0.29) is 5.78 Å². The number of ketones is 1. The van der Waals surface area contributed by atoms with E-state index in [1.54, 1.807) is 6.92 Å². The number of carbonyl (C=O) groups is 1. The lowest BCUT2D eigenvalue weighted by molar-refractivity contribution is 0.101. The molecule has 0 radical (unpaired) electrons. The molecule has 1 aromatic carbocycles. The molecular weight excluding hydrogens is 258 g/mol. The van der Waals surface area contributed by atoms with E-state index in [4.69, 9.17) is 0 Å². The molecule has 2 nitrogen and oxygen atoms in total. The molecule has 0 heterocycles. The van der Waals surface area contributed by atoms with Crippen LogP contribution in [0.5, 0.6) is 0 Å². The monoisotopic (exact) mass is 287 g/mol. The van der Waals surface area contributed by atoms with Gasteiger partial charge in [-0.05, 0) is 38.3 Å². The van der Waals surface area contributed by atoms with E-state index in [2.05, 4.69) is 24.0 Å². The topological polar surface area (TPSA) is 20.3 Å². The maximum Gasteiger partial charge on any atom is 0.161 e. The molecule has 0 bridgehead atoms. The Morgan fingerprint density at radius 3 is 2.52 bits per heavy atom. The molecule has 0 spiro atoms. The van der Waals surface area contributed by atoms with Crippen LogP contribution in [0.2, 0.25) is 0 Å². The van der Waals surface area contributed by atoms with Crippen LogP contribution in [0.25, 0.3) is 0 Å². The molecule has 116 valence electrons. The zero-order chi connectivity index (χ0) is 15.1. The number of unbranched alkanes of at least 4 members (excludes halogenated alkanes) is 2. The lowest BCUT2D eigenvalue weighted by Crippen LogP contribution is -2.38. The number of rotatable bonds is 7. The minimum Gasteiger partial charge on any atom is -0.368 e. The molecule has 1 saturated carbocycles. The lowest BCUT2D eigenvalue weighted by atomic mass is 9.92. The van der Waals surface area contributed by atoms with Crippen LogP contribution >= 0.6 is 0 Å². The molecule has 0 saturated heterocycles. The van der Waals surface area contributed by atoms with Crippen molar-refractivity contribution in [3.63, 3.8) is 0 Å². The smallest absolute Gasteiger partial charge is 0.161 e. The first kappa shape index (κ1) is 16.1. The van der Waals surface area contributed by atoms with Crippen LogP contribution in [0, 0.1) is 0 Å². The van der Waals surface area contributed by atoms with Gasteiger partial charge in [0.1, 0.15) is 0 Å². The van der Waals surface area contributed by atoms with Crippen LogP contribution in [-0.4, -0.2) is 18.4 Å². The summed E-state index contributed by atoms with van der Waals surface area (Å²) in [6.07, 6.45) is 10.3. The molecule has 0 N–H and O–H groups in total. The fraction of sp³-hybridized carbons (Fsp3) is 0.632. The fourth-order valence-electron chi connectivity index (χ4n) is 3.45. The molecule has 1 aromatic rings. The van der Waals surface area contributed by atoms with Crippen LogP contribution < -0.4 is 4.90 Å². The summed E-state index contributed by atoms with van der Waals surface area (Å²) in [7, 11) is 0. The molecule has 2 rings (SSSR count). The molecule has 2 heteroatoms. The normalized spacial score (nSPS) is 15.9. The minimum absolute atomic E-state index is 0.182. The van der Waals surface area contributed by atoms with Gasteiger partial charge >= 0.3 is 0 Å². The Balaban J connectivity index is 2.22. The van der Waals surface area contributed by atoms with E-state index in [9.17, 15) is 4.79 Å². The Morgan fingerprint density at radius 1 is 1.14 bits per heavy atom. The zero-order valence-corrected chi connectivity index (χ0v) is 13.6. The van der Waals surface area contributed by atoms with Gasteiger partial charge in [0.2, 0.25) is 0 Å². The Hall–Kier alpha value is -1.31. The fourth-order valence-corrected chi connectivity index (χ4v) is 3.45. The Morgan fingerprint density at radius 2 is 1.86 bits per heavy atom. The Labute approximate surface area is 129 Å². The molecule has 0 amide bonds. The lowest BCUT2D eigenvalue weighted by Gasteiger charge is -2.37. The summed E-state index contributed by atoms with van der Waals surface area (Å²) in [5.74, 6) is 0.182. The van der Waals surface area contributed by atoms with Gasteiger partial charge in [0, 0.05) is 23.8 Å². The van der Waals surface area contributed by atoms with Crippen molar-refractivity contribution in [3.05, 3.63) is 29.8 Å². The van der Waals surface area contributed by atoms with Crippen molar-refractivity contribution >= 4 is 11.5 Å². The quantitative estimate of drug-likeness (QED) is 0.506. The van der Waals surface area contributed by atoms with Gasteiger partial charge in [-0.25, -0.2) is 0 Å². The number of hydrogen-bond acceptors (Lipinski definition) is 2. The van der Waals surface area contributed by atoms with Crippen LogP contribution in [0.15, 0.2) is 24.3 Å². The second-order valence-electron chi connectivity index (χ2n) is 6.27. The summed E-state index contributed by atoms with van der Waals surface area (Å²) in [6, 6.07) is 8.78. The maximum atomic E-state index is 12.0. The average Bonchev–Trinajstić information content (AvgIpc) is 2.52. The van der Waals surface area contributed by atoms with Gasteiger partial charge in [-0.15, -0.1) is 0 Å². The first-order valence-corrected chi connectivity index (χ1v) is 8.60. The van der Waals surface area contributed by atoms with Gasteiger partial charge in [0.25, 0.3) is 0 Å². The third-order valence-electron chi connectivity index (χ3n) is 4.61. The highest BCUT2D eigenvalue weighted by Crippen LogP contribution is 2.30. The van der Waals surface area contributed by atoms with E-state index in [1.165, 1.54) is 51.4 Å². The van der Waals surface area contributed by atoms with Gasteiger partial charge in [0.05, 0.1) is 0 Å². The third kappa shape index (κ3) is 4.33. The molecule has 0 aliphatic heterocycles. The van der Waals surface area contributed by atoms with Crippen molar-refractivity contribution in [3.8, 4) is 0 Å². The van der Waals surface area contributed by atoms with Crippen molar-refractivity contribution in [2.24, 2.45) is 0 Å². The number of Topliss-reactive ketones (excluding diaryl/α,β-unsaturated/α-hetero) is 1. The Kier molecular flexibility index (Phi) is 6.28. The number of hydrogen-bond donors (Lipinski definition) is 0. The first-order chi connectivity index (χ1) is 10.2. The summed E-state index contributed by atoms with van der Waals surface area (Å²) in [5, 5.41) is 0. The molecule has 0 unspecified atom stereocenters. The van der Waals surface area contributed by atoms with Crippen molar-refractivity contribution < 1.29 is 4.79 Å². The van der Waals surface area contributed by atoms with E-state index in [0.717, 1.165) is 17.8 Å². The van der Waals surface area contributed by atoms with Crippen LogP contribution in [0.3, 0.4) is 0 Å². The second-order valence-corrected chi connectivity index (χ2v) is 6.27. The van der Waals surface area contributed by atoms with Crippen molar-refractivity contribution in [2.45, 2.75) is 71.3 Å². The summed E-state index contributed by atoms with van der Waals surface area (Å²) in [6.45, 7) is 5.02. The van der Waals surface area contributed by atoms with Crippen LogP contribution in [0.4, 0.5) is 5.69 Å². The van der Waals surface area contributed by atoms with E-state index >= 15 is 0 Å². The van der Waals surface area contributed by atoms with Gasteiger partial charge in [-0.1, -0.05) is 51.2 Å². The van der Waals surface area contributed by atoms with Crippen LogP contribution in [-0.2, 0) is 0 Å². The standard InChI is InChI=1S/C19H29NO/c1-3-4-10-15-20(17-11-6-5-7-12-17)19-14-9-8-13-18(19)16(2)21/h8-9,13-14,17H,3-7,10-12,15H2,1-2H3. The maximum absolute atomic E-state index is 12.0. The predicted molar refractivity (Wildman–Crippen MR) is 90.2 cm³/mol. The molecule has 1 aliphatic carbocycles. The molecule has 21 heavy (non-hydrogen) atoms. The number of benzene rings is 1. The van der Waals surface area contributed by atoms with Gasteiger partial charge < -0.3 is 4.90 Å². The summed E-state index contributed by atoms with van der Waals surface area (Å²) in [4.78, 5) is 14.5. The average molecular weight is 287 g/mol. The van der Waals surface area contributed by atoms with Crippen molar-refractivity contribution in [1.29, 1.82) is 0 Å². The number of carbonyl (C=O) groups excluding carboxylic acids is 1. The van der Waals surface area contributed by atoms with Crippen molar-refractivity contribution in [1.82, 2.24) is 0 Å². The molecule has 0 atom stereocenters. The zero-order valence-electron chi connectivity index (χ0n) is 13.6. The highest BCUT2D eigenvalue weighted by atomic mass is 16.1. The predicted octanol–water partition coefficient (Wildman–Crippen LogP) is 5.22. The van der Waals surface area contributed by atoms with E-state index in [0.29, 0.717) is 6.04 Å². The molecule has 1 aliphatic rings. The summed E-state index contributed by atoms with van der Waals surface area (Å²) < 4.78 is 0. The second kappa shape index (κ2) is 8.21. The number of para-hydroxylation sites is 1. The van der Waals surface area contributed by atoms with E-state index in [1.807, 2.05) is 12.1 Å². The molecular formula is C19H29NO. The highest BCUT2D eigenvalue weighted by Gasteiger charge is 2.23. The third-order valence-corrected chi connectivity index (χ3v) is 4.61. The first-order valence-electron chi connectivity index (χ1n) is 8.60. The molecule has 1 fully saturated rings. The van der Waals surface area contributed by atoms with Gasteiger partial charge in [0.15, 0.2) is 5.78 Å². The van der Waals surface area contributed by atoms with Gasteiger partial charge in [-0.3, -0.25) is 4.79 Å². The van der Waals surface area contributed by atoms with Crippen molar-refractivity contribution in [2.75, 3.05) is 11.4 Å². The number of nitrogens with zero attached hydrogens (tertiary/aromatic N) is 1. The summed E-state index contributed by atoms with van der Waals surface area (Å²) in [5.41, 5.74) is 2.05. The Bertz CT molecular complexity index is 449. The highest BCUT2D eigenvalue weighted by molar-refractivity contribution is 5.99. The summed E-state index contributed by atoms with van der Waals surface area (Å²) >= 11 is 0. The largest absolute Gasteiger partial charge is 0.368 e.